The van der Waals surface area contributed by atoms with Gasteiger partial charge in [-0.2, -0.15) is 4.65 Å². The molecule has 2 atom stereocenters. The van der Waals surface area contributed by atoms with E-state index in [9.17, 15) is 0 Å². The lowest BCUT2D eigenvalue weighted by atomic mass is 9.98. The Morgan fingerprint density at radius 2 is 1.16 bits per heavy atom. The van der Waals surface area contributed by atoms with Gasteiger partial charge in [-0.25, -0.2) is 4.84 Å². The largest absolute Gasteiger partial charge is 0.373 e. The van der Waals surface area contributed by atoms with Gasteiger partial charge in [0.2, 0.25) is 0 Å². The summed E-state index contributed by atoms with van der Waals surface area (Å²) in [5.41, 5.74) is 0. The summed E-state index contributed by atoms with van der Waals surface area (Å²) in [5, 5.41) is 0. The minimum atomic E-state index is 0.461. The van der Waals surface area contributed by atoms with E-state index in [0.717, 1.165) is 24.2 Å². The molecular formula is C28H60N2O2+2. The molecule has 0 spiro atoms. The first-order chi connectivity index (χ1) is 15.2. The van der Waals surface area contributed by atoms with Gasteiger partial charge in [-0.1, -0.05) is 96.8 Å². The fourth-order valence-electron chi connectivity index (χ4n) is 4.59. The summed E-state index contributed by atoms with van der Waals surface area (Å²) in [5.74, 6) is 0.586. The average Bonchev–Trinajstić information content (AvgIpc) is 3.54. The van der Waals surface area contributed by atoms with Gasteiger partial charge in [-0.15, -0.1) is 0 Å². The van der Waals surface area contributed by atoms with E-state index in [0.29, 0.717) is 16.7 Å². The minimum Gasteiger partial charge on any atom is -0.373 e. The highest BCUT2D eigenvalue weighted by Gasteiger charge is 2.34. The predicted molar refractivity (Wildman–Crippen MR) is 139 cm³/mol. The average molecular weight is 457 g/mol. The zero-order valence-corrected chi connectivity index (χ0v) is 23.0. The summed E-state index contributed by atoms with van der Waals surface area (Å²) in [4.78, 5) is 6.33. The second kappa shape index (κ2) is 17.3. The molecule has 0 radical (unpaired) electrons. The summed E-state index contributed by atoms with van der Waals surface area (Å²) in [7, 11) is 11.2. The molecule has 1 heterocycles. The Kier molecular flexibility index (Phi) is 16.2. The van der Waals surface area contributed by atoms with Gasteiger partial charge in [0.15, 0.2) is 0 Å². The molecule has 0 aromatic carbocycles. The van der Waals surface area contributed by atoms with Crippen molar-refractivity contribution in [3.05, 3.63) is 0 Å². The van der Waals surface area contributed by atoms with Crippen LogP contribution < -0.4 is 0 Å². The Labute approximate surface area is 202 Å². The molecule has 0 aromatic rings. The second-order valence-electron chi connectivity index (χ2n) is 12.0. The van der Waals surface area contributed by atoms with Crippen molar-refractivity contribution in [2.75, 3.05) is 61.5 Å². The van der Waals surface area contributed by atoms with Crippen molar-refractivity contribution in [2.45, 2.75) is 116 Å². The van der Waals surface area contributed by atoms with Gasteiger partial charge < -0.3 is 9.22 Å². The number of quaternary nitrogens is 2. The smallest absolute Gasteiger partial charge is 0.114 e. The summed E-state index contributed by atoms with van der Waals surface area (Å²) in [6.45, 7) is 6.36. The lowest BCUT2D eigenvalue weighted by Crippen LogP contribution is -2.44. The van der Waals surface area contributed by atoms with Crippen LogP contribution >= 0.6 is 0 Å². The normalized spacial score (nSPS) is 17.6. The van der Waals surface area contributed by atoms with Crippen LogP contribution in [0.25, 0.3) is 0 Å². The summed E-state index contributed by atoms with van der Waals surface area (Å²) in [6.07, 6.45) is 22.9. The van der Waals surface area contributed by atoms with Crippen LogP contribution in [-0.2, 0) is 9.57 Å². The number of ether oxygens (including phenoxy) is 1. The quantitative estimate of drug-likeness (QED) is 0.0716. The Balaban J connectivity index is 1.99. The van der Waals surface area contributed by atoms with Gasteiger partial charge in [-0.3, -0.25) is 0 Å². The zero-order chi connectivity index (χ0) is 23.7. The summed E-state index contributed by atoms with van der Waals surface area (Å²) < 4.78 is 7.34. The molecule has 32 heavy (non-hydrogen) atoms. The molecule has 2 unspecified atom stereocenters. The first kappa shape index (κ1) is 29.9. The fourth-order valence-corrected chi connectivity index (χ4v) is 4.59. The molecule has 1 aliphatic heterocycles. The van der Waals surface area contributed by atoms with Crippen LogP contribution in [0.3, 0.4) is 0 Å². The van der Waals surface area contributed by atoms with Crippen LogP contribution in [0.2, 0.25) is 0 Å². The lowest BCUT2D eigenvalue weighted by molar-refractivity contribution is -1.08. The number of hydroxylamine groups is 3. The van der Waals surface area contributed by atoms with Gasteiger partial charge >= 0.3 is 0 Å². The highest BCUT2D eigenvalue weighted by Crippen LogP contribution is 2.27. The van der Waals surface area contributed by atoms with Gasteiger partial charge in [0, 0.05) is 12.3 Å². The first-order valence-electron chi connectivity index (χ1n) is 14.1. The van der Waals surface area contributed by atoms with E-state index < -0.39 is 0 Å². The highest BCUT2D eigenvalue weighted by molar-refractivity contribution is 4.78. The molecule has 0 aromatic heterocycles. The van der Waals surface area contributed by atoms with Gasteiger partial charge in [0.05, 0.1) is 54.5 Å². The number of unbranched alkanes of at least 4 members (excludes halogenated alkanes) is 13. The lowest BCUT2D eigenvalue weighted by Gasteiger charge is -2.30. The summed E-state index contributed by atoms with van der Waals surface area (Å²) in [6, 6.07) is 0. The van der Waals surface area contributed by atoms with Crippen LogP contribution in [-0.4, -0.2) is 76.8 Å². The monoisotopic (exact) mass is 456 g/mol. The van der Waals surface area contributed by atoms with E-state index in [2.05, 4.69) is 42.2 Å². The zero-order valence-electron chi connectivity index (χ0n) is 23.0. The van der Waals surface area contributed by atoms with Crippen LogP contribution in [0.15, 0.2) is 0 Å². The van der Waals surface area contributed by atoms with E-state index >= 15 is 0 Å². The third kappa shape index (κ3) is 18.3. The van der Waals surface area contributed by atoms with Crippen LogP contribution in [0.4, 0.5) is 0 Å². The number of hydrogen-bond donors (Lipinski definition) is 0. The molecule has 0 aliphatic carbocycles. The minimum absolute atomic E-state index is 0.461. The van der Waals surface area contributed by atoms with Gasteiger partial charge in [0.1, 0.15) is 13.2 Å². The Bertz CT molecular complexity index is 430. The highest BCUT2D eigenvalue weighted by atomic mass is 16.7. The summed E-state index contributed by atoms with van der Waals surface area (Å²) >= 11 is 0. The molecule has 4 heteroatoms. The van der Waals surface area contributed by atoms with Crippen molar-refractivity contribution in [1.82, 2.24) is 0 Å². The topological polar surface area (TPSA) is 21.8 Å². The fraction of sp³-hybridized carbons (Fsp3) is 1.00. The van der Waals surface area contributed by atoms with Crippen LogP contribution in [0.5, 0.6) is 0 Å². The number of nitrogens with zero attached hydrogens (tertiary/aromatic N) is 2. The molecule has 1 fully saturated rings. The molecule has 4 nitrogen and oxygen atoms in total. The maximum Gasteiger partial charge on any atom is 0.114 e. The Morgan fingerprint density at radius 1 is 0.688 bits per heavy atom. The molecule has 1 saturated heterocycles. The molecule has 192 valence electrons. The van der Waals surface area contributed by atoms with Crippen LogP contribution in [0.1, 0.15) is 110 Å². The molecule has 1 aliphatic rings. The van der Waals surface area contributed by atoms with E-state index in [4.69, 9.17) is 9.57 Å². The molecular weight excluding hydrogens is 396 g/mol. The predicted octanol–water partition coefficient (Wildman–Crippen LogP) is 6.98. The third-order valence-electron chi connectivity index (χ3n) is 6.98. The van der Waals surface area contributed by atoms with Crippen molar-refractivity contribution in [3.8, 4) is 0 Å². The Hall–Kier alpha value is -0.160. The number of epoxide rings is 1. The molecule has 0 saturated carbocycles. The maximum atomic E-state index is 6.33. The van der Waals surface area contributed by atoms with Crippen molar-refractivity contribution in [1.29, 1.82) is 0 Å². The van der Waals surface area contributed by atoms with E-state index in [1.807, 2.05) is 0 Å². The van der Waals surface area contributed by atoms with Crippen molar-refractivity contribution in [2.24, 2.45) is 5.92 Å². The van der Waals surface area contributed by atoms with Gasteiger partial charge in [-0.05, 0) is 6.42 Å². The van der Waals surface area contributed by atoms with Crippen molar-refractivity contribution in [3.63, 3.8) is 0 Å². The number of hydrogen-bond acceptors (Lipinski definition) is 2. The molecule has 0 N–H and O–H groups in total. The maximum absolute atomic E-state index is 6.33. The Morgan fingerprint density at radius 3 is 1.59 bits per heavy atom. The van der Waals surface area contributed by atoms with E-state index in [-0.39, 0.29) is 0 Å². The van der Waals surface area contributed by atoms with Crippen molar-refractivity contribution < 1.29 is 18.7 Å². The second-order valence-corrected chi connectivity index (χ2v) is 12.0. The SMILES string of the molecule is CCCCCCCCCCCCCCCCC(CO[N+](C)(C)CCC[N+](C)(C)C)C1CO1. The van der Waals surface area contributed by atoms with E-state index in [1.165, 1.54) is 109 Å². The molecule has 0 bridgehead atoms. The first-order valence-corrected chi connectivity index (χ1v) is 14.1. The van der Waals surface area contributed by atoms with Crippen LogP contribution in [0, 0.1) is 5.92 Å². The molecule has 1 rings (SSSR count). The number of rotatable bonds is 23. The third-order valence-corrected chi connectivity index (χ3v) is 6.98. The molecule has 0 amide bonds. The van der Waals surface area contributed by atoms with E-state index in [1.54, 1.807) is 0 Å². The van der Waals surface area contributed by atoms with Gasteiger partial charge in [0.25, 0.3) is 0 Å². The standard InChI is InChI=1S/C28H60N2O2/c1-7-8-9-10-11-12-13-14-15-16-17-18-19-20-22-27(28-26-31-28)25-32-30(5,6)24-21-23-29(2,3)4/h27-28H,7-26H2,1-6H3/q+2. The van der Waals surface area contributed by atoms with Crippen molar-refractivity contribution >= 4 is 0 Å².